The van der Waals surface area contributed by atoms with Crippen LogP contribution in [0.2, 0.25) is 0 Å². The Morgan fingerprint density at radius 3 is 2.70 bits per heavy atom. The average molecular weight is 362 g/mol. The molecule has 1 fully saturated rings. The number of rotatable bonds is 3. The van der Waals surface area contributed by atoms with Crippen LogP contribution in [0.15, 0.2) is 61.2 Å². The molecular formula is C21H19FN4O. The minimum Gasteiger partial charge on any atom is -0.338 e. The second kappa shape index (κ2) is 7.61. The zero-order chi connectivity index (χ0) is 18.6. The van der Waals surface area contributed by atoms with Gasteiger partial charge < -0.3 is 4.90 Å². The Balaban J connectivity index is 1.62. The van der Waals surface area contributed by atoms with E-state index in [-0.39, 0.29) is 17.6 Å². The molecule has 1 atom stereocenters. The summed E-state index contributed by atoms with van der Waals surface area (Å²) in [5.74, 6) is -0.239. The number of piperidine rings is 1. The summed E-state index contributed by atoms with van der Waals surface area (Å²) in [7, 11) is 0. The molecule has 1 amide bonds. The van der Waals surface area contributed by atoms with Gasteiger partial charge in [-0.25, -0.2) is 4.39 Å². The molecule has 0 spiro atoms. The summed E-state index contributed by atoms with van der Waals surface area (Å²) >= 11 is 0. The van der Waals surface area contributed by atoms with Gasteiger partial charge in [-0.2, -0.15) is 0 Å². The van der Waals surface area contributed by atoms with Crippen molar-refractivity contribution in [2.75, 3.05) is 13.1 Å². The number of amides is 1. The summed E-state index contributed by atoms with van der Waals surface area (Å²) in [5.41, 5.74) is 2.83. The largest absolute Gasteiger partial charge is 0.338 e. The molecule has 1 aliphatic rings. The van der Waals surface area contributed by atoms with Crippen molar-refractivity contribution in [3.63, 3.8) is 0 Å². The van der Waals surface area contributed by atoms with Crippen LogP contribution in [0.3, 0.4) is 0 Å². The van der Waals surface area contributed by atoms with Crippen LogP contribution in [0.1, 0.15) is 34.8 Å². The summed E-state index contributed by atoms with van der Waals surface area (Å²) in [5, 5.41) is 0. The molecule has 2 aromatic heterocycles. The maximum Gasteiger partial charge on any atom is 0.253 e. The second-order valence-corrected chi connectivity index (χ2v) is 6.63. The lowest BCUT2D eigenvalue weighted by Crippen LogP contribution is -2.39. The zero-order valence-electron chi connectivity index (χ0n) is 14.8. The molecule has 0 unspecified atom stereocenters. The lowest BCUT2D eigenvalue weighted by atomic mass is 9.91. The summed E-state index contributed by atoms with van der Waals surface area (Å²) < 4.78 is 13.7. The topological polar surface area (TPSA) is 59.0 Å². The number of aromatic nitrogens is 3. The van der Waals surface area contributed by atoms with E-state index in [1.165, 1.54) is 12.1 Å². The highest BCUT2D eigenvalue weighted by Gasteiger charge is 2.28. The van der Waals surface area contributed by atoms with Crippen LogP contribution in [0.5, 0.6) is 0 Å². The number of hydrogen-bond donors (Lipinski definition) is 0. The van der Waals surface area contributed by atoms with Crippen LogP contribution in [0.25, 0.3) is 11.3 Å². The van der Waals surface area contributed by atoms with E-state index in [1.807, 2.05) is 11.0 Å². The standard InChI is InChI=1S/C21H19FN4O/c22-18-5-1-3-16(13-18)19-20(25-11-10-24-19)17-4-2-12-26(14-17)21(27)15-6-8-23-9-7-15/h1,3,5-11,13,17H,2,4,12,14H2/t17-/m0/s1. The fourth-order valence-corrected chi connectivity index (χ4v) is 3.57. The first-order valence-corrected chi connectivity index (χ1v) is 8.98. The Hall–Kier alpha value is -3.15. The Morgan fingerprint density at radius 1 is 1.07 bits per heavy atom. The van der Waals surface area contributed by atoms with Gasteiger partial charge in [0.05, 0.1) is 11.4 Å². The number of pyridine rings is 1. The smallest absolute Gasteiger partial charge is 0.253 e. The molecule has 136 valence electrons. The van der Waals surface area contributed by atoms with E-state index >= 15 is 0 Å². The van der Waals surface area contributed by atoms with Crippen molar-refractivity contribution < 1.29 is 9.18 Å². The van der Waals surface area contributed by atoms with Crippen LogP contribution >= 0.6 is 0 Å². The number of hydrogen-bond acceptors (Lipinski definition) is 4. The van der Waals surface area contributed by atoms with E-state index in [0.717, 1.165) is 18.5 Å². The second-order valence-electron chi connectivity index (χ2n) is 6.63. The van der Waals surface area contributed by atoms with Crippen LogP contribution in [0, 0.1) is 5.82 Å². The first-order chi connectivity index (χ1) is 13.2. The molecule has 0 bridgehead atoms. The molecule has 0 N–H and O–H groups in total. The summed E-state index contributed by atoms with van der Waals surface area (Å²) in [6.07, 6.45) is 8.33. The minimum atomic E-state index is -0.303. The third kappa shape index (κ3) is 3.69. The van der Waals surface area contributed by atoms with Gasteiger partial charge in [0, 0.05) is 54.9 Å². The molecule has 0 radical (unpaired) electrons. The van der Waals surface area contributed by atoms with Gasteiger partial charge in [0.15, 0.2) is 0 Å². The highest BCUT2D eigenvalue weighted by atomic mass is 19.1. The molecule has 0 aliphatic carbocycles. The molecular weight excluding hydrogens is 343 g/mol. The van der Waals surface area contributed by atoms with Crippen molar-refractivity contribution >= 4 is 5.91 Å². The maximum absolute atomic E-state index is 13.7. The fourth-order valence-electron chi connectivity index (χ4n) is 3.57. The Labute approximate surface area is 156 Å². The van der Waals surface area contributed by atoms with Crippen molar-refractivity contribution in [1.82, 2.24) is 19.9 Å². The number of carbonyl (C=O) groups excluding carboxylic acids is 1. The lowest BCUT2D eigenvalue weighted by molar-refractivity contribution is 0.0706. The monoisotopic (exact) mass is 362 g/mol. The van der Waals surface area contributed by atoms with Crippen LogP contribution in [0.4, 0.5) is 4.39 Å². The van der Waals surface area contributed by atoms with E-state index in [1.54, 1.807) is 43.0 Å². The molecule has 3 heterocycles. The maximum atomic E-state index is 13.7. The van der Waals surface area contributed by atoms with Crippen molar-refractivity contribution in [1.29, 1.82) is 0 Å². The third-order valence-corrected chi connectivity index (χ3v) is 4.85. The highest BCUT2D eigenvalue weighted by molar-refractivity contribution is 5.94. The predicted octanol–water partition coefficient (Wildman–Crippen LogP) is 3.70. The van der Waals surface area contributed by atoms with E-state index in [2.05, 4.69) is 15.0 Å². The number of carbonyl (C=O) groups is 1. The molecule has 6 heteroatoms. The number of benzene rings is 1. The van der Waals surface area contributed by atoms with Crippen molar-refractivity contribution in [3.8, 4) is 11.3 Å². The Bertz CT molecular complexity index is 948. The zero-order valence-corrected chi connectivity index (χ0v) is 14.8. The number of halogens is 1. The van der Waals surface area contributed by atoms with E-state index < -0.39 is 0 Å². The first kappa shape index (κ1) is 17.3. The molecule has 1 saturated heterocycles. The van der Waals surface area contributed by atoms with Gasteiger partial charge in [0.1, 0.15) is 5.82 Å². The van der Waals surface area contributed by atoms with Gasteiger partial charge in [0.25, 0.3) is 5.91 Å². The van der Waals surface area contributed by atoms with Gasteiger partial charge in [0.2, 0.25) is 0 Å². The lowest BCUT2D eigenvalue weighted by Gasteiger charge is -2.33. The molecule has 5 nitrogen and oxygen atoms in total. The quantitative estimate of drug-likeness (QED) is 0.713. The van der Waals surface area contributed by atoms with Crippen LogP contribution in [-0.4, -0.2) is 38.8 Å². The third-order valence-electron chi connectivity index (χ3n) is 4.85. The van der Waals surface area contributed by atoms with Gasteiger partial charge >= 0.3 is 0 Å². The SMILES string of the molecule is O=C(c1ccncc1)N1CCC[C@H](c2nccnc2-c2cccc(F)c2)C1. The minimum absolute atomic E-state index is 0.00158. The van der Waals surface area contributed by atoms with Gasteiger partial charge in [-0.1, -0.05) is 12.1 Å². The van der Waals surface area contributed by atoms with Crippen molar-refractivity contribution in [2.24, 2.45) is 0 Å². The molecule has 27 heavy (non-hydrogen) atoms. The fraction of sp³-hybridized carbons (Fsp3) is 0.238. The van der Waals surface area contributed by atoms with Crippen LogP contribution in [-0.2, 0) is 0 Å². The van der Waals surface area contributed by atoms with Crippen LogP contribution < -0.4 is 0 Å². The van der Waals surface area contributed by atoms with Crippen molar-refractivity contribution in [2.45, 2.75) is 18.8 Å². The molecule has 4 rings (SSSR count). The van der Waals surface area contributed by atoms with E-state index in [0.29, 0.717) is 29.9 Å². The number of likely N-dealkylation sites (tertiary alicyclic amines) is 1. The molecule has 3 aromatic rings. The Morgan fingerprint density at radius 2 is 1.89 bits per heavy atom. The highest BCUT2D eigenvalue weighted by Crippen LogP contribution is 2.32. The van der Waals surface area contributed by atoms with E-state index in [9.17, 15) is 9.18 Å². The summed E-state index contributed by atoms with van der Waals surface area (Å²) in [4.78, 5) is 27.6. The van der Waals surface area contributed by atoms with Crippen molar-refractivity contribution in [3.05, 3.63) is 78.3 Å². The normalized spacial score (nSPS) is 16.9. The predicted molar refractivity (Wildman–Crippen MR) is 99.5 cm³/mol. The van der Waals surface area contributed by atoms with Gasteiger partial charge in [-0.3, -0.25) is 19.7 Å². The van der Waals surface area contributed by atoms with Gasteiger partial charge in [-0.05, 0) is 37.1 Å². The summed E-state index contributed by atoms with van der Waals surface area (Å²) in [6.45, 7) is 1.29. The molecule has 0 saturated carbocycles. The first-order valence-electron chi connectivity index (χ1n) is 8.98. The van der Waals surface area contributed by atoms with Gasteiger partial charge in [-0.15, -0.1) is 0 Å². The van der Waals surface area contributed by atoms with E-state index in [4.69, 9.17) is 0 Å². The molecule has 1 aromatic carbocycles. The average Bonchev–Trinajstić information content (AvgIpc) is 2.74. The molecule has 1 aliphatic heterocycles. The number of nitrogens with zero attached hydrogens (tertiary/aromatic N) is 4. The summed E-state index contributed by atoms with van der Waals surface area (Å²) in [6, 6.07) is 9.84. The Kier molecular flexibility index (Phi) is 4.87.